The molecule has 1 saturated heterocycles. The molecule has 0 saturated carbocycles. The van der Waals surface area contributed by atoms with Crippen molar-refractivity contribution in [1.82, 2.24) is 4.90 Å². The highest BCUT2D eigenvalue weighted by Crippen LogP contribution is 2.25. The maximum atomic E-state index is 12.4. The number of aromatic carboxylic acids is 1. The monoisotopic (exact) mass is 348 g/mol. The van der Waals surface area contributed by atoms with Crippen LogP contribution in [0.3, 0.4) is 0 Å². The molecule has 1 N–H and O–H groups in total. The number of carboxylic acids is 1. The highest BCUT2D eigenvalue weighted by atomic mass is 16.6. The summed E-state index contributed by atoms with van der Waals surface area (Å²) >= 11 is 0. The molecule has 0 bridgehead atoms. The Hall–Kier alpha value is -2.24. The number of benzene rings is 1. The van der Waals surface area contributed by atoms with Gasteiger partial charge in [0.1, 0.15) is 5.60 Å². The van der Waals surface area contributed by atoms with Crippen molar-refractivity contribution in [2.45, 2.75) is 52.2 Å². The van der Waals surface area contributed by atoms with Crippen LogP contribution < -0.4 is 4.90 Å². The van der Waals surface area contributed by atoms with Gasteiger partial charge in [-0.05, 0) is 45.4 Å². The Labute approximate surface area is 149 Å². The largest absolute Gasteiger partial charge is 0.478 e. The number of carbonyl (C=O) groups excluding carboxylic acids is 1. The number of carbonyl (C=O) groups is 2. The quantitative estimate of drug-likeness (QED) is 0.900. The van der Waals surface area contributed by atoms with E-state index in [2.05, 4.69) is 11.8 Å². The minimum atomic E-state index is -0.929. The van der Waals surface area contributed by atoms with Crippen molar-refractivity contribution in [2.75, 3.05) is 24.5 Å². The summed E-state index contributed by atoms with van der Waals surface area (Å²) in [6.45, 7) is 9.50. The van der Waals surface area contributed by atoms with Gasteiger partial charge in [0, 0.05) is 31.4 Å². The Kier molecular flexibility index (Phi) is 5.93. The molecule has 1 heterocycles. The zero-order chi connectivity index (χ0) is 18.6. The molecule has 2 rings (SSSR count). The Bertz CT molecular complexity index is 624. The van der Waals surface area contributed by atoms with E-state index in [1.54, 1.807) is 23.1 Å². The molecule has 1 aromatic carbocycles. The lowest BCUT2D eigenvalue weighted by Gasteiger charge is -2.43. The fourth-order valence-corrected chi connectivity index (χ4v) is 3.09. The van der Waals surface area contributed by atoms with E-state index in [0.717, 1.165) is 18.5 Å². The molecular weight excluding hydrogens is 320 g/mol. The predicted molar refractivity (Wildman–Crippen MR) is 97.3 cm³/mol. The summed E-state index contributed by atoms with van der Waals surface area (Å²) in [4.78, 5) is 27.5. The summed E-state index contributed by atoms with van der Waals surface area (Å²) < 4.78 is 5.49. The Morgan fingerprint density at radius 3 is 2.60 bits per heavy atom. The minimum absolute atomic E-state index is 0.148. The van der Waals surface area contributed by atoms with E-state index < -0.39 is 11.6 Å². The van der Waals surface area contributed by atoms with Gasteiger partial charge in [-0.25, -0.2) is 9.59 Å². The number of piperazine rings is 1. The number of hydrogen-bond donors (Lipinski definition) is 1. The third-order valence-electron chi connectivity index (χ3n) is 4.18. The van der Waals surface area contributed by atoms with Gasteiger partial charge < -0.3 is 19.6 Å². The van der Waals surface area contributed by atoms with Gasteiger partial charge in [0.15, 0.2) is 0 Å². The summed E-state index contributed by atoms with van der Waals surface area (Å²) in [5, 5.41) is 9.21. The first-order chi connectivity index (χ1) is 11.7. The number of nitrogens with zero attached hydrogens (tertiary/aromatic N) is 2. The predicted octanol–water partition coefficient (Wildman–Crippen LogP) is 3.61. The first-order valence-corrected chi connectivity index (χ1v) is 8.79. The summed E-state index contributed by atoms with van der Waals surface area (Å²) in [6.07, 6.45) is 1.63. The normalized spacial score (nSPS) is 18.2. The number of carboxylic acid groups (broad SMARTS) is 1. The van der Waals surface area contributed by atoms with Crippen LogP contribution in [0.25, 0.3) is 0 Å². The van der Waals surface area contributed by atoms with E-state index in [4.69, 9.17) is 4.74 Å². The summed E-state index contributed by atoms with van der Waals surface area (Å²) in [5.41, 5.74) is 0.661. The van der Waals surface area contributed by atoms with E-state index in [0.29, 0.717) is 19.6 Å². The van der Waals surface area contributed by atoms with E-state index in [1.807, 2.05) is 26.8 Å². The van der Waals surface area contributed by atoms with Crippen LogP contribution in [0.4, 0.5) is 10.5 Å². The lowest BCUT2D eigenvalue weighted by molar-refractivity contribution is 0.0212. The van der Waals surface area contributed by atoms with Crippen LogP contribution in [0.2, 0.25) is 0 Å². The van der Waals surface area contributed by atoms with Gasteiger partial charge in [-0.2, -0.15) is 0 Å². The van der Waals surface area contributed by atoms with Crippen LogP contribution in [0.15, 0.2) is 24.3 Å². The highest BCUT2D eigenvalue weighted by Gasteiger charge is 2.31. The number of amides is 1. The van der Waals surface area contributed by atoms with Gasteiger partial charge in [-0.1, -0.05) is 19.4 Å². The SMILES string of the molecule is CCC[C@@H]1CN(C(=O)OC(C)(C)C)CCN1c1cccc(C(=O)O)c1. The van der Waals surface area contributed by atoms with Gasteiger partial charge in [-0.15, -0.1) is 0 Å². The van der Waals surface area contributed by atoms with E-state index >= 15 is 0 Å². The maximum absolute atomic E-state index is 12.4. The molecule has 1 fully saturated rings. The van der Waals surface area contributed by atoms with Crippen molar-refractivity contribution in [1.29, 1.82) is 0 Å². The zero-order valence-corrected chi connectivity index (χ0v) is 15.5. The average Bonchev–Trinajstić information content (AvgIpc) is 2.53. The lowest BCUT2D eigenvalue weighted by atomic mass is 10.0. The molecule has 25 heavy (non-hydrogen) atoms. The first-order valence-electron chi connectivity index (χ1n) is 8.79. The van der Waals surface area contributed by atoms with Gasteiger partial charge in [0.05, 0.1) is 5.56 Å². The number of rotatable bonds is 4. The van der Waals surface area contributed by atoms with Crippen LogP contribution in [0.5, 0.6) is 0 Å². The second kappa shape index (κ2) is 7.76. The van der Waals surface area contributed by atoms with Crippen LogP contribution >= 0.6 is 0 Å². The van der Waals surface area contributed by atoms with Crippen molar-refractivity contribution in [3.8, 4) is 0 Å². The fraction of sp³-hybridized carbons (Fsp3) is 0.579. The zero-order valence-electron chi connectivity index (χ0n) is 15.5. The molecule has 6 heteroatoms. The van der Waals surface area contributed by atoms with Gasteiger partial charge in [0.2, 0.25) is 0 Å². The second-order valence-corrected chi connectivity index (χ2v) is 7.42. The fourth-order valence-electron chi connectivity index (χ4n) is 3.09. The Balaban J connectivity index is 2.15. The van der Waals surface area contributed by atoms with Crippen LogP contribution in [-0.2, 0) is 4.74 Å². The molecule has 1 aromatic rings. The molecule has 1 aliphatic heterocycles. The minimum Gasteiger partial charge on any atom is -0.478 e. The van der Waals surface area contributed by atoms with Gasteiger partial charge >= 0.3 is 12.1 Å². The van der Waals surface area contributed by atoms with Crippen LogP contribution in [0, 0.1) is 0 Å². The molecule has 0 aromatic heterocycles. The Morgan fingerprint density at radius 2 is 2.00 bits per heavy atom. The van der Waals surface area contributed by atoms with Gasteiger partial charge in [-0.3, -0.25) is 0 Å². The van der Waals surface area contributed by atoms with Gasteiger partial charge in [0.25, 0.3) is 0 Å². The molecule has 0 unspecified atom stereocenters. The van der Waals surface area contributed by atoms with Crippen molar-refractivity contribution in [3.05, 3.63) is 29.8 Å². The number of anilines is 1. The van der Waals surface area contributed by atoms with Crippen molar-refractivity contribution < 1.29 is 19.4 Å². The second-order valence-electron chi connectivity index (χ2n) is 7.42. The number of hydrogen-bond acceptors (Lipinski definition) is 4. The van der Waals surface area contributed by atoms with Crippen LogP contribution in [0.1, 0.15) is 50.9 Å². The smallest absolute Gasteiger partial charge is 0.410 e. The molecular formula is C19H28N2O4. The molecule has 0 aliphatic carbocycles. The molecule has 0 spiro atoms. The molecule has 1 amide bonds. The molecule has 6 nitrogen and oxygen atoms in total. The maximum Gasteiger partial charge on any atom is 0.410 e. The van der Waals surface area contributed by atoms with E-state index in [1.165, 1.54) is 0 Å². The first kappa shape index (κ1) is 19.1. The van der Waals surface area contributed by atoms with Crippen molar-refractivity contribution in [2.24, 2.45) is 0 Å². The summed E-state index contributed by atoms with van der Waals surface area (Å²) in [6, 6.07) is 7.14. The topological polar surface area (TPSA) is 70.1 Å². The summed E-state index contributed by atoms with van der Waals surface area (Å²) in [7, 11) is 0. The summed E-state index contributed by atoms with van der Waals surface area (Å²) in [5.74, 6) is -0.929. The third kappa shape index (κ3) is 5.11. The highest BCUT2D eigenvalue weighted by molar-refractivity contribution is 5.88. The molecule has 138 valence electrons. The van der Waals surface area contributed by atoms with Crippen molar-refractivity contribution in [3.63, 3.8) is 0 Å². The lowest BCUT2D eigenvalue weighted by Crippen LogP contribution is -2.55. The van der Waals surface area contributed by atoms with E-state index in [-0.39, 0.29) is 17.7 Å². The molecule has 0 radical (unpaired) electrons. The third-order valence-corrected chi connectivity index (χ3v) is 4.18. The average molecular weight is 348 g/mol. The molecule has 1 atom stereocenters. The Morgan fingerprint density at radius 1 is 1.28 bits per heavy atom. The number of ether oxygens (including phenoxy) is 1. The van der Waals surface area contributed by atoms with Crippen molar-refractivity contribution >= 4 is 17.7 Å². The molecule has 1 aliphatic rings. The standard InChI is InChI=1S/C19H28N2O4/c1-5-7-16-13-20(18(24)25-19(2,3)4)10-11-21(16)15-9-6-8-14(12-15)17(22)23/h6,8-9,12,16H,5,7,10-11,13H2,1-4H3,(H,22,23)/t16-/m1/s1. The van der Waals surface area contributed by atoms with Crippen LogP contribution in [-0.4, -0.2) is 53.3 Å². The van der Waals surface area contributed by atoms with E-state index in [9.17, 15) is 14.7 Å².